The van der Waals surface area contributed by atoms with E-state index in [2.05, 4.69) is 35.9 Å². The minimum absolute atomic E-state index is 0.112. The predicted molar refractivity (Wildman–Crippen MR) is 102 cm³/mol. The van der Waals surface area contributed by atoms with Gasteiger partial charge in [-0.25, -0.2) is 19.6 Å². The van der Waals surface area contributed by atoms with Gasteiger partial charge < -0.3 is 10.6 Å². The van der Waals surface area contributed by atoms with Crippen molar-refractivity contribution in [1.82, 2.24) is 35.3 Å². The summed E-state index contributed by atoms with van der Waals surface area (Å²) < 4.78 is 39.3. The summed E-state index contributed by atoms with van der Waals surface area (Å²) in [6.07, 6.45) is -1.56. The second-order valence-corrected chi connectivity index (χ2v) is 7.24. The van der Waals surface area contributed by atoms with Gasteiger partial charge in [-0.2, -0.15) is 13.2 Å². The molecule has 0 aliphatic carbocycles. The van der Waals surface area contributed by atoms with Gasteiger partial charge in [0.05, 0.1) is 12.1 Å². The smallest absolute Gasteiger partial charge is 0.346 e. The molecule has 0 saturated heterocycles. The number of halogens is 3. The number of nitrogens with zero attached hydrogens (tertiary/aromatic N) is 6. The number of rotatable bonds is 5. The summed E-state index contributed by atoms with van der Waals surface area (Å²) in [5.41, 5.74) is 0.597. The molecule has 0 saturated carbocycles. The van der Waals surface area contributed by atoms with E-state index in [9.17, 15) is 18.0 Å². The first-order chi connectivity index (χ1) is 14.3. The van der Waals surface area contributed by atoms with Crippen LogP contribution in [-0.2, 0) is 19.8 Å². The van der Waals surface area contributed by atoms with Crippen molar-refractivity contribution in [3.63, 3.8) is 0 Å². The van der Waals surface area contributed by atoms with Crippen molar-refractivity contribution in [3.8, 4) is 0 Å². The largest absolute Gasteiger partial charge is 0.416 e. The quantitative estimate of drug-likeness (QED) is 0.497. The predicted octanol–water partition coefficient (Wildman–Crippen LogP) is 2.91. The monoisotopic (exact) mass is 434 g/mol. The van der Waals surface area contributed by atoms with E-state index in [1.807, 2.05) is 0 Å². The van der Waals surface area contributed by atoms with E-state index in [4.69, 9.17) is 0 Å². The van der Waals surface area contributed by atoms with E-state index in [0.29, 0.717) is 22.0 Å². The Hall–Kier alpha value is -3.61. The summed E-state index contributed by atoms with van der Waals surface area (Å²) in [5, 5.41) is 13.9. The fraction of sp³-hybridized carbons (Fsp3) is 0.176. The summed E-state index contributed by atoms with van der Waals surface area (Å²) in [6, 6.07) is 4.64. The molecule has 4 rings (SSSR count). The van der Waals surface area contributed by atoms with Gasteiger partial charge in [0.25, 0.3) is 5.91 Å². The third-order valence-corrected chi connectivity index (χ3v) is 4.96. The van der Waals surface area contributed by atoms with E-state index in [0.717, 1.165) is 17.0 Å². The molecule has 0 aliphatic heterocycles. The lowest BCUT2D eigenvalue weighted by Crippen LogP contribution is -2.23. The Balaban J connectivity index is 1.39. The van der Waals surface area contributed by atoms with E-state index >= 15 is 0 Å². The van der Waals surface area contributed by atoms with Crippen LogP contribution in [0.15, 0.2) is 36.8 Å². The molecule has 3 aromatic heterocycles. The number of anilines is 2. The van der Waals surface area contributed by atoms with Gasteiger partial charge >= 0.3 is 6.18 Å². The molecule has 0 unspecified atom stereocenters. The topological polar surface area (TPSA) is 111 Å². The molecule has 0 radical (unpaired) electrons. The van der Waals surface area contributed by atoms with Gasteiger partial charge in [-0.1, -0.05) is 16.6 Å². The highest BCUT2D eigenvalue weighted by Crippen LogP contribution is 2.30. The third kappa shape index (κ3) is 4.05. The van der Waals surface area contributed by atoms with Crippen molar-refractivity contribution < 1.29 is 18.0 Å². The maximum atomic E-state index is 12.6. The van der Waals surface area contributed by atoms with E-state index < -0.39 is 17.6 Å². The number of carbonyl (C=O) groups excluding carboxylic acids is 1. The number of thiazole rings is 1. The Kier molecular flexibility index (Phi) is 5.03. The Labute approximate surface area is 171 Å². The fourth-order valence-electron chi connectivity index (χ4n) is 2.58. The van der Waals surface area contributed by atoms with Crippen molar-refractivity contribution in [3.05, 3.63) is 52.9 Å². The highest BCUT2D eigenvalue weighted by atomic mass is 32.1. The molecule has 0 bridgehead atoms. The number of aromatic nitrogens is 6. The maximum Gasteiger partial charge on any atom is 0.416 e. The number of aryl methyl sites for hydroxylation is 1. The summed E-state index contributed by atoms with van der Waals surface area (Å²) >= 11 is 1.26. The van der Waals surface area contributed by atoms with Gasteiger partial charge in [-0.3, -0.25) is 4.79 Å². The fourth-order valence-corrected chi connectivity index (χ4v) is 3.36. The van der Waals surface area contributed by atoms with Crippen molar-refractivity contribution >= 4 is 39.2 Å². The van der Waals surface area contributed by atoms with Crippen molar-refractivity contribution in [2.75, 3.05) is 5.32 Å². The highest BCUT2D eigenvalue weighted by Gasteiger charge is 2.29. The van der Waals surface area contributed by atoms with Crippen LogP contribution >= 0.6 is 11.3 Å². The average Bonchev–Trinajstić information content (AvgIpc) is 3.32. The van der Waals surface area contributed by atoms with E-state index in [1.165, 1.54) is 34.5 Å². The number of amides is 1. The number of hydrogen-bond acceptors (Lipinski definition) is 8. The molecule has 0 aliphatic rings. The van der Waals surface area contributed by atoms with Gasteiger partial charge in [0.15, 0.2) is 22.0 Å². The first kappa shape index (κ1) is 19.7. The van der Waals surface area contributed by atoms with Crippen molar-refractivity contribution in [2.45, 2.75) is 12.7 Å². The van der Waals surface area contributed by atoms with Crippen LogP contribution in [0.1, 0.15) is 20.9 Å². The Morgan fingerprint density at radius 3 is 2.67 bits per heavy atom. The van der Waals surface area contributed by atoms with Crippen LogP contribution in [0.3, 0.4) is 0 Å². The first-order valence-electron chi connectivity index (χ1n) is 8.49. The molecule has 3 heterocycles. The number of fused-ring (bicyclic) bond motifs is 1. The van der Waals surface area contributed by atoms with Gasteiger partial charge in [0, 0.05) is 23.8 Å². The van der Waals surface area contributed by atoms with Crippen molar-refractivity contribution in [1.29, 1.82) is 0 Å². The summed E-state index contributed by atoms with van der Waals surface area (Å²) in [6.45, 7) is 0.191. The van der Waals surface area contributed by atoms with Gasteiger partial charge in [-0.15, -0.1) is 5.10 Å². The number of hydrogen-bond donors (Lipinski definition) is 2. The SMILES string of the molecule is Cn1nnc2c(C(=O)NCc3cnc(Nc4ccc(C(F)(F)F)cc4)s3)ncnc21. The summed E-state index contributed by atoms with van der Waals surface area (Å²) in [5.74, 6) is -0.437. The van der Waals surface area contributed by atoms with Crippen LogP contribution in [0.25, 0.3) is 11.2 Å². The van der Waals surface area contributed by atoms with Crippen LogP contribution in [-0.4, -0.2) is 35.9 Å². The van der Waals surface area contributed by atoms with Crippen LogP contribution in [0.5, 0.6) is 0 Å². The standard InChI is InChI=1S/C17H13F3N8OS/c1-28-14-12(26-27-28)13(23-8-24-14)15(29)21-6-11-7-22-16(30-11)25-10-4-2-9(3-5-10)17(18,19)20/h2-5,7-8H,6H2,1H3,(H,21,29)(H,22,25). The van der Waals surface area contributed by atoms with Crippen LogP contribution in [0, 0.1) is 0 Å². The molecule has 1 amide bonds. The van der Waals surface area contributed by atoms with Crippen molar-refractivity contribution in [2.24, 2.45) is 7.05 Å². The average molecular weight is 434 g/mol. The lowest BCUT2D eigenvalue weighted by Gasteiger charge is -2.07. The van der Waals surface area contributed by atoms with E-state index in [1.54, 1.807) is 13.2 Å². The lowest BCUT2D eigenvalue weighted by molar-refractivity contribution is -0.137. The third-order valence-electron chi connectivity index (χ3n) is 4.04. The van der Waals surface area contributed by atoms with Gasteiger partial charge in [-0.05, 0) is 24.3 Å². The minimum atomic E-state index is -4.38. The zero-order valence-corrected chi connectivity index (χ0v) is 16.1. The molecule has 0 atom stereocenters. The number of alkyl halides is 3. The number of carbonyl (C=O) groups is 1. The Morgan fingerprint density at radius 2 is 1.93 bits per heavy atom. The van der Waals surface area contributed by atoms with Crippen LogP contribution in [0.4, 0.5) is 24.0 Å². The van der Waals surface area contributed by atoms with Crippen LogP contribution < -0.4 is 10.6 Å². The number of nitrogens with one attached hydrogen (secondary N) is 2. The molecule has 2 N–H and O–H groups in total. The molecular formula is C17H13F3N8OS. The molecular weight excluding hydrogens is 421 g/mol. The molecule has 0 fully saturated rings. The maximum absolute atomic E-state index is 12.6. The molecule has 0 spiro atoms. The molecule has 13 heteroatoms. The minimum Gasteiger partial charge on any atom is -0.346 e. The zero-order valence-electron chi connectivity index (χ0n) is 15.3. The zero-order chi connectivity index (χ0) is 21.3. The van der Waals surface area contributed by atoms with Gasteiger partial charge in [0.2, 0.25) is 0 Å². The second kappa shape index (κ2) is 7.67. The molecule has 1 aromatic carbocycles. The Morgan fingerprint density at radius 1 is 1.17 bits per heavy atom. The summed E-state index contributed by atoms with van der Waals surface area (Å²) in [7, 11) is 1.66. The lowest BCUT2D eigenvalue weighted by atomic mass is 10.2. The highest BCUT2D eigenvalue weighted by molar-refractivity contribution is 7.15. The molecule has 4 aromatic rings. The normalized spacial score (nSPS) is 11.6. The second-order valence-electron chi connectivity index (χ2n) is 6.12. The molecule has 154 valence electrons. The molecule has 9 nitrogen and oxygen atoms in total. The molecule has 30 heavy (non-hydrogen) atoms. The van der Waals surface area contributed by atoms with E-state index in [-0.39, 0.29) is 12.2 Å². The Bertz CT molecular complexity index is 1200. The van der Waals surface area contributed by atoms with Gasteiger partial charge in [0.1, 0.15) is 6.33 Å². The van der Waals surface area contributed by atoms with Crippen LogP contribution in [0.2, 0.25) is 0 Å². The summed E-state index contributed by atoms with van der Waals surface area (Å²) in [4.78, 5) is 25.4. The number of benzene rings is 1. The first-order valence-corrected chi connectivity index (χ1v) is 9.30.